The lowest BCUT2D eigenvalue weighted by molar-refractivity contribution is -0.118. The number of nitrogens with one attached hydrogen (secondary N) is 2. The molecule has 37 heavy (non-hydrogen) atoms. The van der Waals surface area contributed by atoms with Gasteiger partial charge in [0.05, 0.1) is 11.4 Å². The predicted octanol–water partition coefficient (Wildman–Crippen LogP) is 4.44. The number of amides is 1. The van der Waals surface area contributed by atoms with Crippen LogP contribution in [0.1, 0.15) is 20.9 Å². The van der Waals surface area contributed by atoms with Gasteiger partial charge in [-0.15, -0.1) is 11.3 Å². The minimum absolute atomic E-state index is 0.0130. The number of carboxylic acids is 1. The van der Waals surface area contributed by atoms with E-state index in [2.05, 4.69) is 15.6 Å². The number of carbonyl (C=O) groups excluding carboxylic acids is 1. The zero-order valence-electron chi connectivity index (χ0n) is 19.9. The first kappa shape index (κ1) is 26.1. The third kappa shape index (κ3) is 6.06. The van der Waals surface area contributed by atoms with Crippen molar-refractivity contribution in [3.8, 4) is 17.1 Å². The zero-order valence-corrected chi connectivity index (χ0v) is 21.5. The third-order valence-corrected chi connectivity index (χ3v) is 6.93. The van der Waals surface area contributed by atoms with E-state index >= 15 is 0 Å². The summed E-state index contributed by atoms with van der Waals surface area (Å²) in [6.45, 7) is 3.24. The number of anilines is 2. The standard InChI is InChI=1S/C24H22FN3O7S2/c1-12-13(2)36-24(27-12)28-20(29)10-34-19-8-16-18(9-17(19)26-11-37(3,32)33)35-22(21(16)23(30)31)14-4-6-15(25)7-5-14/h4-9,26H,10-11H2,1-3H3,(H,30,31)(H,27,28,29). The lowest BCUT2D eigenvalue weighted by Crippen LogP contribution is -2.21. The van der Waals surface area contributed by atoms with Crippen LogP contribution in [0, 0.1) is 19.7 Å². The molecule has 10 nitrogen and oxygen atoms in total. The van der Waals surface area contributed by atoms with E-state index in [1.165, 1.54) is 47.7 Å². The lowest BCUT2D eigenvalue weighted by Gasteiger charge is -2.13. The smallest absolute Gasteiger partial charge is 0.340 e. The maximum Gasteiger partial charge on any atom is 0.340 e. The number of aryl methyl sites for hydroxylation is 2. The Balaban J connectivity index is 1.71. The summed E-state index contributed by atoms with van der Waals surface area (Å²) in [4.78, 5) is 29.8. The molecular formula is C24H22FN3O7S2. The van der Waals surface area contributed by atoms with E-state index < -0.39 is 40.0 Å². The number of carbonyl (C=O) groups is 2. The van der Waals surface area contributed by atoms with Crippen molar-refractivity contribution in [2.75, 3.05) is 29.4 Å². The Morgan fingerprint density at radius 3 is 2.49 bits per heavy atom. The highest BCUT2D eigenvalue weighted by Gasteiger charge is 2.24. The number of ether oxygens (including phenoxy) is 1. The number of hydrogen-bond donors (Lipinski definition) is 3. The highest BCUT2D eigenvalue weighted by Crippen LogP contribution is 2.39. The quantitative estimate of drug-likeness (QED) is 0.276. The fourth-order valence-electron chi connectivity index (χ4n) is 3.43. The number of aromatic carboxylic acids is 1. The summed E-state index contributed by atoms with van der Waals surface area (Å²) in [7, 11) is -3.44. The van der Waals surface area contributed by atoms with Gasteiger partial charge in [0.25, 0.3) is 5.91 Å². The molecule has 0 fully saturated rings. The summed E-state index contributed by atoms with van der Waals surface area (Å²) in [5.74, 6) is -2.74. The monoisotopic (exact) mass is 547 g/mol. The van der Waals surface area contributed by atoms with Gasteiger partial charge in [-0.2, -0.15) is 0 Å². The molecule has 4 aromatic rings. The van der Waals surface area contributed by atoms with Crippen molar-refractivity contribution in [2.45, 2.75) is 13.8 Å². The van der Waals surface area contributed by atoms with E-state index in [-0.39, 0.29) is 33.7 Å². The van der Waals surface area contributed by atoms with Gasteiger partial charge < -0.3 is 19.6 Å². The van der Waals surface area contributed by atoms with E-state index in [1.807, 2.05) is 13.8 Å². The molecule has 0 atom stereocenters. The Kier molecular flexibility index (Phi) is 7.18. The van der Waals surface area contributed by atoms with Crippen LogP contribution in [-0.4, -0.2) is 49.1 Å². The fourth-order valence-corrected chi connectivity index (χ4v) is 4.68. The van der Waals surface area contributed by atoms with Crippen LogP contribution in [0.15, 0.2) is 40.8 Å². The molecule has 0 aliphatic rings. The Bertz CT molecular complexity index is 1590. The van der Waals surface area contributed by atoms with Crippen LogP contribution in [0.4, 0.5) is 15.2 Å². The molecule has 0 radical (unpaired) electrons. The van der Waals surface area contributed by atoms with Crippen molar-refractivity contribution in [3.63, 3.8) is 0 Å². The average molecular weight is 548 g/mol. The second kappa shape index (κ2) is 10.2. The molecule has 0 saturated carbocycles. The van der Waals surface area contributed by atoms with Gasteiger partial charge in [-0.3, -0.25) is 10.1 Å². The van der Waals surface area contributed by atoms with Crippen molar-refractivity contribution in [2.24, 2.45) is 0 Å². The largest absolute Gasteiger partial charge is 0.482 e. The number of fused-ring (bicyclic) bond motifs is 1. The second-order valence-corrected chi connectivity index (χ2v) is 11.6. The van der Waals surface area contributed by atoms with Crippen LogP contribution in [0.3, 0.4) is 0 Å². The van der Waals surface area contributed by atoms with E-state index in [0.29, 0.717) is 10.7 Å². The van der Waals surface area contributed by atoms with Crippen LogP contribution >= 0.6 is 11.3 Å². The molecular weight excluding hydrogens is 525 g/mol. The summed E-state index contributed by atoms with van der Waals surface area (Å²) in [5.41, 5.74) is 1.22. The van der Waals surface area contributed by atoms with E-state index in [0.717, 1.165) is 16.8 Å². The zero-order chi connectivity index (χ0) is 26.9. The topological polar surface area (TPSA) is 148 Å². The minimum atomic E-state index is -3.44. The molecule has 2 aromatic carbocycles. The highest BCUT2D eigenvalue weighted by atomic mass is 32.2. The van der Waals surface area contributed by atoms with Gasteiger partial charge in [-0.05, 0) is 44.2 Å². The van der Waals surface area contributed by atoms with Crippen molar-refractivity contribution in [1.29, 1.82) is 0 Å². The second-order valence-electron chi connectivity index (χ2n) is 8.21. The van der Waals surface area contributed by atoms with Gasteiger partial charge in [0, 0.05) is 28.1 Å². The van der Waals surface area contributed by atoms with Crippen LogP contribution in [-0.2, 0) is 14.6 Å². The summed E-state index contributed by atoms with van der Waals surface area (Å²) in [5, 5.41) is 15.8. The summed E-state index contributed by atoms with van der Waals surface area (Å²) in [6, 6.07) is 7.85. The Morgan fingerprint density at radius 1 is 1.19 bits per heavy atom. The molecule has 194 valence electrons. The van der Waals surface area contributed by atoms with Crippen LogP contribution in [0.2, 0.25) is 0 Å². The Labute approximate surface area is 215 Å². The number of aromatic nitrogens is 1. The van der Waals surface area contributed by atoms with Gasteiger partial charge >= 0.3 is 5.97 Å². The van der Waals surface area contributed by atoms with Gasteiger partial charge in [0.2, 0.25) is 0 Å². The molecule has 4 rings (SSSR count). The van der Waals surface area contributed by atoms with Crippen LogP contribution in [0.25, 0.3) is 22.3 Å². The molecule has 0 saturated heterocycles. The van der Waals surface area contributed by atoms with E-state index in [1.54, 1.807) is 0 Å². The summed E-state index contributed by atoms with van der Waals surface area (Å²) in [6.07, 6.45) is 1.03. The molecule has 0 aliphatic carbocycles. The third-order valence-electron chi connectivity index (χ3n) is 5.27. The maximum atomic E-state index is 13.4. The number of thiazole rings is 1. The molecule has 1 amide bonds. The molecule has 0 spiro atoms. The number of hydrogen-bond acceptors (Lipinski definition) is 9. The maximum absolute atomic E-state index is 13.4. The van der Waals surface area contributed by atoms with Crippen LogP contribution < -0.4 is 15.4 Å². The number of sulfone groups is 1. The molecule has 0 aliphatic heterocycles. The molecule has 0 bridgehead atoms. The van der Waals surface area contributed by atoms with Crippen molar-refractivity contribution in [1.82, 2.24) is 4.98 Å². The van der Waals surface area contributed by atoms with Gasteiger partial charge in [0.1, 0.15) is 34.4 Å². The van der Waals surface area contributed by atoms with Crippen LogP contribution in [0.5, 0.6) is 5.75 Å². The fraction of sp³-hybridized carbons (Fsp3) is 0.208. The first-order valence-electron chi connectivity index (χ1n) is 10.8. The van der Waals surface area contributed by atoms with E-state index in [4.69, 9.17) is 9.15 Å². The van der Waals surface area contributed by atoms with Gasteiger partial charge in [0.15, 0.2) is 21.6 Å². The van der Waals surface area contributed by atoms with Gasteiger partial charge in [-0.25, -0.2) is 22.6 Å². The first-order chi connectivity index (χ1) is 17.4. The number of furan rings is 1. The Hall–Kier alpha value is -3.97. The predicted molar refractivity (Wildman–Crippen MR) is 138 cm³/mol. The molecule has 2 heterocycles. The average Bonchev–Trinajstić information content (AvgIpc) is 3.34. The molecule has 0 unspecified atom stereocenters. The van der Waals surface area contributed by atoms with Gasteiger partial charge in [-0.1, -0.05) is 0 Å². The number of halogens is 1. The molecule has 2 aromatic heterocycles. The van der Waals surface area contributed by atoms with Crippen molar-refractivity contribution >= 4 is 54.8 Å². The van der Waals surface area contributed by atoms with Crippen molar-refractivity contribution in [3.05, 3.63) is 58.3 Å². The SMILES string of the molecule is Cc1nc(NC(=O)COc2cc3c(C(=O)O)c(-c4ccc(F)cc4)oc3cc2NCS(C)(=O)=O)sc1C. The Morgan fingerprint density at radius 2 is 1.89 bits per heavy atom. The lowest BCUT2D eigenvalue weighted by atomic mass is 10.0. The van der Waals surface area contributed by atoms with E-state index in [9.17, 15) is 27.5 Å². The highest BCUT2D eigenvalue weighted by molar-refractivity contribution is 7.90. The minimum Gasteiger partial charge on any atom is -0.482 e. The van der Waals surface area contributed by atoms with Crippen molar-refractivity contribution < 1.29 is 36.7 Å². The number of nitrogens with zero attached hydrogens (tertiary/aromatic N) is 1. The summed E-state index contributed by atoms with van der Waals surface area (Å²) >= 11 is 1.31. The molecule has 3 N–H and O–H groups in total. The molecule has 13 heteroatoms. The normalized spacial score (nSPS) is 11.5. The number of rotatable bonds is 9. The number of carboxylic acid groups (broad SMARTS) is 1. The summed E-state index contributed by atoms with van der Waals surface area (Å²) < 4.78 is 48.3. The number of benzene rings is 2. The first-order valence-corrected chi connectivity index (χ1v) is 13.7.